The normalized spacial score (nSPS) is 11.8. The minimum atomic E-state index is -4.24. The molecule has 0 amide bonds. The second-order valence-electron chi connectivity index (χ2n) is 3.90. The Labute approximate surface area is 114 Å². The van der Waals surface area contributed by atoms with Gasteiger partial charge >= 0.3 is 6.18 Å². The van der Waals surface area contributed by atoms with Gasteiger partial charge in [0.05, 0.1) is 6.42 Å². The topological polar surface area (TPSA) is 64.9 Å². The molecule has 0 atom stereocenters. The first-order valence-electron chi connectivity index (χ1n) is 5.29. The fraction of sp³-hybridized carbons (Fsp3) is 0.273. The van der Waals surface area contributed by atoms with Crippen molar-refractivity contribution in [1.29, 1.82) is 0 Å². The van der Waals surface area contributed by atoms with Crippen LogP contribution in [-0.2, 0) is 6.42 Å². The summed E-state index contributed by atoms with van der Waals surface area (Å²) in [6.07, 6.45) is -5.52. The smallest absolute Gasteiger partial charge is 0.389 e. The van der Waals surface area contributed by atoms with Crippen LogP contribution in [0.15, 0.2) is 27.2 Å². The molecule has 0 radical (unpaired) electrons. The Morgan fingerprint density at radius 3 is 2.63 bits per heavy atom. The molecular formula is C11H9BrF3N3O. The number of alkyl halides is 3. The van der Waals surface area contributed by atoms with Crippen LogP contribution >= 0.6 is 15.9 Å². The van der Waals surface area contributed by atoms with Crippen molar-refractivity contribution in [1.82, 2.24) is 10.1 Å². The fourth-order valence-corrected chi connectivity index (χ4v) is 1.97. The van der Waals surface area contributed by atoms with E-state index < -0.39 is 12.6 Å². The number of nitrogens with zero attached hydrogens (tertiary/aromatic N) is 2. The number of halogens is 4. The van der Waals surface area contributed by atoms with Gasteiger partial charge in [-0.15, -0.1) is 0 Å². The number of anilines is 1. The van der Waals surface area contributed by atoms with Gasteiger partial charge in [0.25, 0.3) is 5.89 Å². The second-order valence-corrected chi connectivity index (χ2v) is 4.82. The lowest BCUT2D eigenvalue weighted by atomic mass is 10.2. The van der Waals surface area contributed by atoms with Gasteiger partial charge in [0.1, 0.15) is 0 Å². The molecule has 1 heterocycles. The highest BCUT2D eigenvalue weighted by atomic mass is 79.9. The highest BCUT2D eigenvalue weighted by Crippen LogP contribution is 2.26. The summed E-state index contributed by atoms with van der Waals surface area (Å²) in [6.45, 7) is 0. The van der Waals surface area contributed by atoms with Crippen molar-refractivity contribution in [3.05, 3.63) is 28.5 Å². The predicted octanol–water partition coefficient (Wildman–Crippen LogP) is 3.58. The van der Waals surface area contributed by atoms with Crippen molar-refractivity contribution in [3.8, 4) is 11.5 Å². The number of nitrogen functional groups attached to an aromatic ring is 1. The van der Waals surface area contributed by atoms with Gasteiger partial charge in [-0.1, -0.05) is 21.1 Å². The highest BCUT2D eigenvalue weighted by Gasteiger charge is 2.27. The maximum atomic E-state index is 12.1. The van der Waals surface area contributed by atoms with Crippen molar-refractivity contribution in [2.45, 2.75) is 19.0 Å². The molecule has 1 aromatic carbocycles. The molecule has 4 nitrogen and oxygen atoms in total. The molecule has 0 spiro atoms. The van der Waals surface area contributed by atoms with Crippen LogP contribution in [0.1, 0.15) is 12.2 Å². The van der Waals surface area contributed by atoms with E-state index in [0.29, 0.717) is 11.3 Å². The minimum absolute atomic E-state index is 0.0193. The van der Waals surface area contributed by atoms with E-state index in [1.54, 1.807) is 18.2 Å². The molecule has 0 aliphatic rings. The van der Waals surface area contributed by atoms with E-state index in [1.165, 1.54) is 0 Å². The maximum Gasteiger partial charge on any atom is 0.389 e. The third kappa shape index (κ3) is 3.95. The van der Waals surface area contributed by atoms with E-state index in [1.807, 2.05) is 0 Å². The van der Waals surface area contributed by atoms with Gasteiger partial charge in [-0.3, -0.25) is 0 Å². The lowest BCUT2D eigenvalue weighted by Gasteiger charge is -2.01. The molecule has 2 rings (SSSR count). The summed E-state index contributed by atoms with van der Waals surface area (Å²) in [7, 11) is 0. The summed E-state index contributed by atoms with van der Waals surface area (Å²) in [5.74, 6) is 0.163. The van der Waals surface area contributed by atoms with Gasteiger partial charge in [-0.2, -0.15) is 18.2 Å². The minimum Gasteiger partial charge on any atom is -0.399 e. The first-order chi connectivity index (χ1) is 8.83. The third-order valence-corrected chi connectivity index (χ3v) is 2.73. The van der Waals surface area contributed by atoms with Crippen molar-refractivity contribution in [3.63, 3.8) is 0 Å². The zero-order chi connectivity index (χ0) is 14.0. The molecule has 2 aromatic rings. The lowest BCUT2D eigenvalue weighted by molar-refractivity contribution is -0.134. The molecule has 8 heteroatoms. The first kappa shape index (κ1) is 13.9. The zero-order valence-corrected chi connectivity index (χ0v) is 11.1. The van der Waals surface area contributed by atoms with E-state index in [4.69, 9.17) is 10.3 Å². The van der Waals surface area contributed by atoms with Crippen LogP contribution in [0.4, 0.5) is 18.9 Å². The van der Waals surface area contributed by atoms with E-state index >= 15 is 0 Å². The summed E-state index contributed by atoms with van der Waals surface area (Å²) >= 11 is 3.26. The largest absolute Gasteiger partial charge is 0.399 e. The SMILES string of the molecule is Nc1cc(Br)cc(-c2nc(CCC(F)(F)F)no2)c1. The Hall–Kier alpha value is -1.57. The molecule has 0 bridgehead atoms. The van der Waals surface area contributed by atoms with Crippen LogP contribution in [0, 0.1) is 0 Å². The quantitative estimate of drug-likeness (QED) is 0.870. The molecule has 0 fully saturated rings. The van der Waals surface area contributed by atoms with Gasteiger partial charge in [-0.05, 0) is 18.2 Å². The summed E-state index contributed by atoms with van der Waals surface area (Å²) in [6, 6.07) is 4.98. The molecule has 2 N–H and O–H groups in total. The predicted molar refractivity (Wildman–Crippen MR) is 66.2 cm³/mol. The number of nitrogens with two attached hydrogens (primary N) is 1. The molecule has 0 saturated carbocycles. The molecule has 102 valence electrons. The molecule has 0 saturated heterocycles. The number of aryl methyl sites for hydroxylation is 1. The molecular weight excluding hydrogens is 327 g/mol. The van der Waals surface area contributed by atoms with Gasteiger partial charge in [0, 0.05) is 22.1 Å². The summed E-state index contributed by atoms with van der Waals surface area (Å²) in [5.41, 5.74) is 6.69. The third-order valence-electron chi connectivity index (χ3n) is 2.27. The van der Waals surface area contributed by atoms with Crippen LogP contribution in [0.3, 0.4) is 0 Å². The Bertz CT molecular complexity index is 563. The van der Waals surface area contributed by atoms with Crippen molar-refractivity contribution >= 4 is 21.6 Å². The highest BCUT2D eigenvalue weighted by molar-refractivity contribution is 9.10. The van der Waals surface area contributed by atoms with Gasteiger partial charge < -0.3 is 10.3 Å². The van der Waals surface area contributed by atoms with Crippen molar-refractivity contribution < 1.29 is 17.7 Å². The van der Waals surface area contributed by atoms with E-state index in [0.717, 1.165) is 4.47 Å². The second kappa shape index (κ2) is 5.20. The first-order valence-corrected chi connectivity index (χ1v) is 6.08. The number of rotatable bonds is 3. The number of benzene rings is 1. The van der Waals surface area contributed by atoms with Crippen LogP contribution in [0.5, 0.6) is 0 Å². The lowest BCUT2D eigenvalue weighted by Crippen LogP contribution is -2.09. The molecule has 19 heavy (non-hydrogen) atoms. The summed E-state index contributed by atoms with van der Waals surface area (Å²) < 4.78 is 41.8. The Kier molecular flexibility index (Phi) is 3.79. The molecule has 0 unspecified atom stereocenters. The molecule has 1 aromatic heterocycles. The van der Waals surface area contributed by atoms with Crippen molar-refractivity contribution in [2.75, 3.05) is 5.73 Å². The summed E-state index contributed by atoms with van der Waals surface area (Å²) in [4.78, 5) is 3.91. The van der Waals surface area contributed by atoms with Crippen LogP contribution in [0.25, 0.3) is 11.5 Å². The zero-order valence-electron chi connectivity index (χ0n) is 9.54. The number of hydrogen-bond donors (Lipinski definition) is 1. The molecule has 0 aliphatic carbocycles. The molecule has 0 aliphatic heterocycles. The van der Waals surface area contributed by atoms with Crippen LogP contribution in [-0.4, -0.2) is 16.3 Å². The maximum absolute atomic E-state index is 12.1. The van der Waals surface area contributed by atoms with Gasteiger partial charge in [0.15, 0.2) is 5.82 Å². The monoisotopic (exact) mass is 335 g/mol. The average molecular weight is 336 g/mol. The van der Waals surface area contributed by atoms with Crippen LogP contribution in [0.2, 0.25) is 0 Å². The standard InChI is InChI=1S/C11H9BrF3N3O/c12-7-3-6(4-8(16)5-7)10-17-9(18-19-10)1-2-11(13,14)15/h3-5H,1-2,16H2. The van der Waals surface area contributed by atoms with Gasteiger partial charge in [-0.25, -0.2) is 0 Å². The average Bonchev–Trinajstić information content (AvgIpc) is 2.72. The fourth-order valence-electron chi connectivity index (χ4n) is 1.46. The van der Waals surface area contributed by atoms with E-state index in [2.05, 4.69) is 26.1 Å². The van der Waals surface area contributed by atoms with Crippen molar-refractivity contribution in [2.24, 2.45) is 0 Å². The van der Waals surface area contributed by atoms with Gasteiger partial charge in [0.2, 0.25) is 0 Å². The Balaban J connectivity index is 2.16. The number of hydrogen-bond acceptors (Lipinski definition) is 4. The summed E-state index contributed by atoms with van der Waals surface area (Å²) in [5, 5.41) is 3.51. The van der Waals surface area contributed by atoms with Crippen LogP contribution < -0.4 is 5.73 Å². The Morgan fingerprint density at radius 2 is 2.00 bits per heavy atom. The van der Waals surface area contributed by atoms with E-state index in [9.17, 15) is 13.2 Å². The Morgan fingerprint density at radius 1 is 1.26 bits per heavy atom. The van der Waals surface area contributed by atoms with E-state index in [-0.39, 0.29) is 18.1 Å². The number of aromatic nitrogens is 2.